The Labute approximate surface area is 159 Å². The van der Waals surface area contributed by atoms with Crippen LogP contribution in [-0.4, -0.2) is 60.8 Å². The maximum Gasteiger partial charge on any atom is 0.230 e. The van der Waals surface area contributed by atoms with Gasteiger partial charge >= 0.3 is 0 Å². The molecule has 1 atom stereocenters. The van der Waals surface area contributed by atoms with Crippen LogP contribution in [0.2, 0.25) is 0 Å². The van der Waals surface area contributed by atoms with E-state index in [0.29, 0.717) is 13.1 Å². The van der Waals surface area contributed by atoms with E-state index in [1.165, 1.54) is 0 Å². The van der Waals surface area contributed by atoms with Crippen molar-refractivity contribution in [3.63, 3.8) is 0 Å². The lowest BCUT2D eigenvalue weighted by molar-refractivity contribution is -0.145. The highest BCUT2D eigenvalue weighted by molar-refractivity contribution is 5.89. The summed E-state index contributed by atoms with van der Waals surface area (Å²) in [5, 5.41) is 10.3. The zero-order valence-electron chi connectivity index (χ0n) is 16.1. The molecule has 2 aromatic rings. The number of para-hydroxylation sites is 1. The summed E-state index contributed by atoms with van der Waals surface area (Å²) >= 11 is 0. The van der Waals surface area contributed by atoms with Gasteiger partial charge in [0.25, 0.3) is 0 Å². The Morgan fingerprint density at radius 2 is 2.15 bits per heavy atom. The normalized spacial score (nSPS) is 22.9. The number of piperidine rings is 1. The van der Waals surface area contributed by atoms with E-state index in [-0.39, 0.29) is 17.9 Å². The number of methoxy groups -OCH3 is 1. The molecule has 0 bridgehead atoms. The number of rotatable bonds is 4. The summed E-state index contributed by atoms with van der Waals surface area (Å²) in [5.74, 6) is 1.88. The lowest BCUT2D eigenvalue weighted by atomic mass is 9.78. The van der Waals surface area contributed by atoms with Crippen LogP contribution >= 0.6 is 0 Å². The molecule has 2 fully saturated rings. The van der Waals surface area contributed by atoms with E-state index in [1.54, 1.807) is 7.11 Å². The monoisotopic (exact) mass is 369 g/mol. The highest BCUT2D eigenvalue weighted by Gasteiger charge is 2.48. The van der Waals surface area contributed by atoms with E-state index >= 15 is 0 Å². The van der Waals surface area contributed by atoms with Gasteiger partial charge in [-0.05, 0) is 43.9 Å². The number of fused-ring (bicyclic) bond motifs is 1. The predicted octanol–water partition coefficient (Wildman–Crippen LogP) is 2.36. The van der Waals surface area contributed by atoms with Crippen molar-refractivity contribution >= 4 is 22.6 Å². The number of pyridine rings is 1. The number of likely N-dealkylation sites (tertiary alicyclic amines) is 1. The number of amides is 1. The number of carbonyl (C=O) groups is 1. The molecule has 2 aliphatic rings. The van der Waals surface area contributed by atoms with Gasteiger partial charge in [-0.1, -0.05) is 12.1 Å². The summed E-state index contributed by atoms with van der Waals surface area (Å²) in [6.45, 7) is 4.83. The minimum atomic E-state index is -0.335. The first-order valence-electron chi connectivity index (χ1n) is 9.67. The average molecular weight is 369 g/mol. The molecule has 0 aliphatic carbocycles. The molecular formula is C21H27N3O3. The number of hydrogen-bond donors (Lipinski definition) is 1. The van der Waals surface area contributed by atoms with Crippen LogP contribution in [0.3, 0.4) is 0 Å². The number of aliphatic hydroxyl groups excluding tert-OH is 1. The Morgan fingerprint density at radius 1 is 1.30 bits per heavy atom. The minimum absolute atomic E-state index is 0.0246. The number of aliphatic hydroxyl groups is 1. The Kier molecular flexibility index (Phi) is 4.68. The maximum atomic E-state index is 13.0. The van der Waals surface area contributed by atoms with Crippen molar-refractivity contribution in [1.82, 2.24) is 9.88 Å². The predicted molar refractivity (Wildman–Crippen MR) is 105 cm³/mol. The fourth-order valence-electron chi connectivity index (χ4n) is 4.63. The molecule has 1 aromatic heterocycles. The summed E-state index contributed by atoms with van der Waals surface area (Å²) in [5.41, 5.74) is 1.69. The summed E-state index contributed by atoms with van der Waals surface area (Å²) in [7, 11) is 1.67. The van der Waals surface area contributed by atoms with Gasteiger partial charge in [-0.15, -0.1) is 0 Å². The van der Waals surface area contributed by atoms with E-state index in [1.807, 2.05) is 17.0 Å². The van der Waals surface area contributed by atoms with Crippen molar-refractivity contribution in [2.45, 2.75) is 26.2 Å². The number of hydrogen-bond acceptors (Lipinski definition) is 5. The summed E-state index contributed by atoms with van der Waals surface area (Å²) in [4.78, 5) is 22.0. The molecule has 4 rings (SSSR count). The highest BCUT2D eigenvalue weighted by Crippen LogP contribution is 2.42. The van der Waals surface area contributed by atoms with Crippen LogP contribution in [0.1, 0.15) is 24.8 Å². The second-order valence-corrected chi connectivity index (χ2v) is 7.73. The molecule has 0 saturated carbocycles. The summed E-state index contributed by atoms with van der Waals surface area (Å²) in [6, 6.07) is 8.09. The highest BCUT2D eigenvalue weighted by atomic mass is 16.5. The number of β-amino-alcohol motifs (C(OH)–C–C–N with tert-alkyl or cyclic N) is 1. The fourth-order valence-corrected chi connectivity index (χ4v) is 4.63. The first kappa shape index (κ1) is 18.0. The van der Waals surface area contributed by atoms with Crippen molar-refractivity contribution in [1.29, 1.82) is 0 Å². The third-order valence-electron chi connectivity index (χ3n) is 6.09. The van der Waals surface area contributed by atoms with Crippen molar-refractivity contribution in [3.8, 4) is 5.75 Å². The smallest absolute Gasteiger partial charge is 0.230 e. The lowest BCUT2D eigenvalue weighted by Crippen LogP contribution is -2.50. The second kappa shape index (κ2) is 7.00. The van der Waals surface area contributed by atoms with Crippen LogP contribution in [0.5, 0.6) is 5.75 Å². The molecule has 6 heteroatoms. The van der Waals surface area contributed by atoms with Gasteiger partial charge in [0.05, 0.1) is 19.1 Å². The number of ether oxygens (including phenoxy) is 1. The molecule has 3 heterocycles. The number of benzene rings is 1. The largest absolute Gasteiger partial charge is 0.494 e. The van der Waals surface area contributed by atoms with Crippen LogP contribution in [0.15, 0.2) is 24.3 Å². The lowest BCUT2D eigenvalue weighted by Gasteiger charge is -2.39. The zero-order chi connectivity index (χ0) is 19.0. The van der Waals surface area contributed by atoms with E-state index in [0.717, 1.165) is 60.4 Å². The molecule has 6 nitrogen and oxygen atoms in total. The van der Waals surface area contributed by atoms with E-state index < -0.39 is 0 Å². The Bertz CT molecular complexity index is 867. The van der Waals surface area contributed by atoms with Gasteiger partial charge in [-0.3, -0.25) is 4.79 Å². The third-order valence-corrected chi connectivity index (χ3v) is 6.09. The topological polar surface area (TPSA) is 65.9 Å². The number of aromatic nitrogens is 1. The number of carbonyl (C=O) groups excluding carboxylic acids is 1. The molecule has 1 spiro atoms. The Hall–Kier alpha value is -2.34. The molecular weight excluding hydrogens is 342 g/mol. The standard InChI is InChI=1S/C21H27N3O3/c1-15-13-18(22-19-16(15)5-3-6-17(19)27-2)24-10-8-21(14-24)7-4-9-23(11-12-25)20(21)26/h3,5-6,13,25H,4,7-12,14H2,1-2H3. The Balaban J connectivity index is 1.65. The fraction of sp³-hybridized carbons (Fsp3) is 0.524. The average Bonchev–Trinajstić information content (AvgIpc) is 3.10. The molecule has 0 radical (unpaired) electrons. The zero-order valence-corrected chi connectivity index (χ0v) is 16.1. The Morgan fingerprint density at radius 3 is 2.93 bits per heavy atom. The number of nitrogens with zero attached hydrogens (tertiary/aromatic N) is 3. The van der Waals surface area contributed by atoms with Crippen molar-refractivity contribution in [2.75, 3.05) is 44.8 Å². The van der Waals surface area contributed by atoms with Crippen LogP contribution in [0.25, 0.3) is 10.9 Å². The first-order valence-corrected chi connectivity index (χ1v) is 9.67. The molecule has 1 unspecified atom stereocenters. The van der Waals surface area contributed by atoms with Crippen molar-refractivity contribution in [3.05, 3.63) is 29.8 Å². The summed E-state index contributed by atoms with van der Waals surface area (Å²) in [6.07, 6.45) is 2.76. The van der Waals surface area contributed by atoms with Crippen LogP contribution < -0.4 is 9.64 Å². The number of aryl methyl sites for hydroxylation is 1. The van der Waals surface area contributed by atoms with E-state index in [2.05, 4.69) is 24.0 Å². The van der Waals surface area contributed by atoms with E-state index in [4.69, 9.17) is 9.72 Å². The van der Waals surface area contributed by atoms with E-state index in [9.17, 15) is 9.90 Å². The van der Waals surface area contributed by atoms with Crippen molar-refractivity contribution in [2.24, 2.45) is 5.41 Å². The number of anilines is 1. The van der Waals surface area contributed by atoms with Crippen LogP contribution in [0.4, 0.5) is 5.82 Å². The van der Waals surface area contributed by atoms with Gasteiger partial charge in [0.1, 0.15) is 17.1 Å². The van der Waals surface area contributed by atoms with Crippen LogP contribution in [-0.2, 0) is 4.79 Å². The molecule has 2 aliphatic heterocycles. The summed E-state index contributed by atoms with van der Waals surface area (Å²) < 4.78 is 5.50. The van der Waals surface area contributed by atoms with Gasteiger partial charge in [-0.25, -0.2) is 4.98 Å². The SMILES string of the molecule is COc1cccc2c(C)cc(N3CCC4(CCCN(CCO)C4=O)C3)nc12. The van der Waals surface area contributed by atoms with Crippen molar-refractivity contribution < 1.29 is 14.6 Å². The first-order chi connectivity index (χ1) is 13.1. The molecule has 1 aromatic carbocycles. The molecule has 1 amide bonds. The molecule has 27 heavy (non-hydrogen) atoms. The van der Waals surface area contributed by atoms with Gasteiger partial charge in [0, 0.05) is 31.6 Å². The quantitative estimate of drug-likeness (QED) is 0.896. The minimum Gasteiger partial charge on any atom is -0.494 e. The second-order valence-electron chi connectivity index (χ2n) is 7.73. The molecule has 1 N–H and O–H groups in total. The molecule has 2 saturated heterocycles. The van der Waals surface area contributed by atoms with Gasteiger partial charge in [0.15, 0.2) is 0 Å². The van der Waals surface area contributed by atoms with Gasteiger partial charge in [-0.2, -0.15) is 0 Å². The maximum absolute atomic E-state index is 13.0. The van der Waals surface area contributed by atoms with Gasteiger partial charge in [0.2, 0.25) is 5.91 Å². The third kappa shape index (κ3) is 3.02. The van der Waals surface area contributed by atoms with Gasteiger partial charge < -0.3 is 19.6 Å². The molecule has 144 valence electrons. The van der Waals surface area contributed by atoms with Crippen LogP contribution in [0, 0.1) is 12.3 Å².